The molecular formula is C60H105NO8P+. The van der Waals surface area contributed by atoms with Gasteiger partial charge in [-0.05, 0) is 96.3 Å². The van der Waals surface area contributed by atoms with E-state index >= 15 is 0 Å². The van der Waals surface area contributed by atoms with Gasteiger partial charge >= 0.3 is 19.8 Å². The molecule has 0 amide bonds. The molecule has 0 rings (SSSR count). The summed E-state index contributed by atoms with van der Waals surface area (Å²) in [5.74, 6) is -0.816. The molecule has 0 aromatic carbocycles. The number of hydrogen-bond acceptors (Lipinski definition) is 7. The highest BCUT2D eigenvalue weighted by molar-refractivity contribution is 7.47. The van der Waals surface area contributed by atoms with E-state index in [4.69, 9.17) is 18.5 Å². The van der Waals surface area contributed by atoms with Crippen LogP contribution in [0.1, 0.15) is 219 Å². The molecule has 0 aliphatic carbocycles. The maximum absolute atomic E-state index is 12.8. The van der Waals surface area contributed by atoms with Crippen LogP contribution < -0.4 is 0 Å². The van der Waals surface area contributed by atoms with E-state index in [0.29, 0.717) is 17.4 Å². The number of carbonyl (C=O) groups excluding carboxylic acids is 2. The lowest BCUT2D eigenvalue weighted by molar-refractivity contribution is -0.870. The molecule has 2 unspecified atom stereocenters. The van der Waals surface area contributed by atoms with Gasteiger partial charge in [0.05, 0.1) is 27.7 Å². The molecule has 10 heteroatoms. The van der Waals surface area contributed by atoms with E-state index in [1.807, 2.05) is 21.1 Å². The summed E-state index contributed by atoms with van der Waals surface area (Å²) in [6.07, 6.45) is 68.9. The minimum absolute atomic E-state index is 0.0244. The molecule has 70 heavy (non-hydrogen) atoms. The Hall–Kier alpha value is -3.07. The van der Waals surface area contributed by atoms with Crippen LogP contribution in [0.4, 0.5) is 0 Å². The SMILES string of the molecule is CC/C=C\C/C=C\C/C=C\C/C=C\C/C=C\C/C=C\CCCCCCCCCCC(=O)OC(COC(=O)CCCCCCCCCCC/C=C\C/C=C\CCCCC)COP(=O)(O)OCC[N+](C)(C)C. The lowest BCUT2D eigenvalue weighted by Crippen LogP contribution is -2.37. The molecule has 0 saturated heterocycles. The van der Waals surface area contributed by atoms with E-state index in [2.05, 4.69) is 111 Å². The zero-order valence-corrected chi connectivity index (χ0v) is 46.4. The second kappa shape index (κ2) is 50.9. The summed E-state index contributed by atoms with van der Waals surface area (Å²) in [5.41, 5.74) is 0. The average Bonchev–Trinajstić information content (AvgIpc) is 3.32. The molecule has 9 nitrogen and oxygen atoms in total. The van der Waals surface area contributed by atoms with Gasteiger partial charge < -0.3 is 18.9 Å². The minimum Gasteiger partial charge on any atom is -0.462 e. The largest absolute Gasteiger partial charge is 0.472 e. The number of quaternary nitrogens is 1. The Labute approximate surface area is 430 Å². The van der Waals surface area contributed by atoms with Crippen LogP contribution in [0, 0.1) is 0 Å². The van der Waals surface area contributed by atoms with Gasteiger partial charge in [0.1, 0.15) is 19.8 Å². The van der Waals surface area contributed by atoms with Crippen LogP contribution in [0.2, 0.25) is 0 Å². The van der Waals surface area contributed by atoms with Crippen molar-refractivity contribution >= 4 is 19.8 Å². The summed E-state index contributed by atoms with van der Waals surface area (Å²) in [7, 11) is 1.46. The number of rotatable bonds is 50. The highest BCUT2D eigenvalue weighted by Crippen LogP contribution is 2.43. The molecule has 0 aromatic rings. The Morgan fingerprint density at radius 3 is 1.21 bits per heavy atom. The van der Waals surface area contributed by atoms with Crippen molar-refractivity contribution < 1.29 is 42.1 Å². The topological polar surface area (TPSA) is 108 Å². The Morgan fingerprint density at radius 1 is 0.457 bits per heavy atom. The summed E-state index contributed by atoms with van der Waals surface area (Å²) in [5, 5.41) is 0. The summed E-state index contributed by atoms with van der Waals surface area (Å²) in [6, 6.07) is 0. The predicted molar refractivity (Wildman–Crippen MR) is 298 cm³/mol. The van der Waals surface area contributed by atoms with Gasteiger partial charge in [-0.15, -0.1) is 0 Å². The number of esters is 2. The van der Waals surface area contributed by atoms with Crippen LogP contribution in [-0.2, 0) is 32.7 Å². The second-order valence-electron chi connectivity index (χ2n) is 19.6. The van der Waals surface area contributed by atoms with Gasteiger partial charge in [-0.25, -0.2) is 4.57 Å². The number of phosphoric ester groups is 1. The van der Waals surface area contributed by atoms with E-state index in [1.54, 1.807) is 0 Å². The van der Waals surface area contributed by atoms with Crippen LogP contribution in [0.15, 0.2) is 97.2 Å². The van der Waals surface area contributed by atoms with Gasteiger partial charge in [0, 0.05) is 12.8 Å². The van der Waals surface area contributed by atoms with Gasteiger partial charge in [-0.3, -0.25) is 18.6 Å². The maximum Gasteiger partial charge on any atom is 0.472 e. The molecule has 0 heterocycles. The molecule has 402 valence electrons. The smallest absolute Gasteiger partial charge is 0.462 e. The number of unbranched alkanes of at least 4 members (excludes halogenated alkanes) is 20. The Bertz CT molecular complexity index is 1500. The van der Waals surface area contributed by atoms with Crippen molar-refractivity contribution in [2.75, 3.05) is 47.5 Å². The molecule has 1 N–H and O–H groups in total. The van der Waals surface area contributed by atoms with Crippen LogP contribution in [0.5, 0.6) is 0 Å². The number of ether oxygens (including phenoxy) is 2. The Kier molecular flexibility index (Phi) is 48.6. The Morgan fingerprint density at radius 2 is 0.814 bits per heavy atom. The summed E-state index contributed by atoms with van der Waals surface area (Å²) in [4.78, 5) is 35.7. The quantitative estimate of drug-likeness (QED) is 0.0211. The number of nitrogens with zero attached hydrogens (tertiary/aromatic N) is 1. The number of hydrogen-bond donors (Lipinski definition) is 1. The third kappa shape index (κ3) is 54.3. The second-order valence-corrected chi connectivity index (χ2v) is 21.0. The van der Waals surface area contributed by atoms with Crippen molar-refractivity contribution in [1.82, 2.24) is 0 Å². The zero-order valence-electron chi connectivity index (χ0n) is 45.5. The molecule has 0 radical (unpaired) electrons. The maximum atomic E-state index is 12.8. The fraction of sp³-hybridized carbons (Fsp3) is 0.700. The van der Waals surface area contributed by atoms with E-state index in [1.165, 1.54) is 96.3 Å². The first-order chi connectivity index (χ1) is 34.0. The fourth-order valence-electron chi connectivity index (χ4n) is 7.28. The van der Waals surface area contributed by atoms with Crippen molar-refractivity contribution in [2.24, 2.45) is 0 Å². The number of likely N-dealkylation sites (N-methyl/N-ethyl adjacent to an activating group) is 1. The van der Waals surface area contributed by atoms with Gasteiger partial charge in [0.15, 0.2) is 6.10 Å². The van der Waals surface area contributed by atoms with Crippen molar-refractivity contribution in [3.63, 3.8) is 0 Å². The first kappa shape index (κ1) is 66.9. The Balaban J connectivity index is 4.24. The monoisotopic (exact) mass is 999 g/mol. The lowest BCUT2D eigenvalue weighted by Gasteiger charge is -2.24. The van der Waals surface area contributed by atoms with Crippen molar-refractivity contribution in [3.05, 3.63) is 97.2 Å². The van der Waals surface area contributed by atoms with E-state index in [-0.39, 0.29) is 32.0 Å². The van der Waals surface area contributed by atoms with Gasteiger partial charge in [-0.1, -0.05) is 207 Å². The van der Waals surface area contributed by atoms with E-state index < -0.39 is 26.5 Å². The van der Waals surface area contributed by atoms with Crippen LogP contribution in [0.3, 0.4) is 0 Å². The average molecular weight is 999 g/mol. The summed E-state index contributed by atoms with van der Waals surface area (Å²) >= 11 is 0. The summed E-state index contributed by atoms with van der Waals surface area (Å²) in [6.45, 7) is 4.28. The van der Waals surface area contributed by atoms with Crippen molar-refractivity contribution in [1.29, 1.82) is 0 Å². The third-order valence-electron chi connectivity index (χ3n) is 11.6. The lowest BCUT2D eigenvalue weighted by atomic mass is 10.1. The number of phosphoric acid groups is 1. The molecule has 0 fully saturated rings. The number of carbonyl (C=O) groups is 2. The first-order valence-corrected chi connectivity index (χ1v) is 29.5. The molecule has 0 aromatic heterocycles. The van der Waals surface area contributed by atoms with Crippen LogP contribution >= 0.6 is 7.82 Å². The fourth-order valence-corrected chi connectivity index (χ4v) is 8.02. The predicted octanol–water partition coefficient (Wildman–Crippen LogP) is 17.3. The molecule has 0 aliphatic rings. The van der Waals surface area contributed by atoms with Crippen molar-refractivity contribution in [3.8, 4) is 0 Å². The first-order valence-electron chi connectivity index (χ1n) is 28.0. The standard InChI is InChI=1S/C60H104NO8P/c1-6-8-10-12-14-16-18-20-22-24-26-27-28-29-30-31-32-33-35-37-39-41-43-45-47-49-51-53-60(63)69-58(57-68-70(64,65)67-55-54-61(3,4)5)56-66-59(62)52-50-48-46-44-42-40-38-36-34-25-23-21-19-17-15-13-11-9-7-2/h8,10,14-17,20-23,26-27,29-30,32-33,58H,6-7,9,11-13,18-19,24-25,28,31,34-57H2,1-5H3/p+1/b10-8-,16-14-,17-15-,22-20-,23-21-,27-26-,30-29-,33-32-. The molecule has 2 atom stereocenters. The highest BCUT2D eigenvalue weighted by atomic mass is 31.2. The molecular weight excluding hydrogens is 894 g/mol. The molecule has 0 spiro atoms. The van der Waals surface area contributed by atoms with Gasteiger partial charge in [-0.2, -0.15) is 0 Å². The van der Waals surface area contributed by atoms with Crippen LogP contribution in [0.25, 0.3) is 0 Å². The summed E-state index contributed by atoms with van der Waals surface area (Å²) < 4.78 is 34.5. The highest BCUT2D eigenvalue weighted by Gasteiger charge is 2.27. The van der Waals surface area contributed by atoms with E-state index in [9.17, 15) is 19.0 Å². The number of allylic oxidation sites excluding steroid dienone is 16. The van der Waals surface area contributed by atoms with E-state index in [0.717, 1.165) is 89.9 Å². The van der Waals surface area contributed by atoms with Gasteiger partial charge in [0.2, 0.25) is 0 Å². The zero-order chi connectivity index (χ0) is 51.3. The molecule has 0 aliphatic heterocycles. The van der Waals surface area contributed by atoms with Crippen LogP contribution in [-0.4, -0.2) is 74.9 Å². The molecule has 0 bridgehead atoms. The third-order valence-corrected chi connectivity index (χ3v) is 12.6. The normalized spacial score (nSPS) is 14.1. The minimum atomic E-state index is -4.39. The van der Waals surface area contributed by atoms with Crippen molar-refractivity contribution in [2.45, 2.75) is 225 Å². The van der Waals surface area contributed by atoms with Gasteiger partial charge in [0.25, 0.3) is 0 Å². The molecule has 0 saturated carbocycles.